The summed E-state index contributed by atoms with van der Waals surface area (Å²) in [6, 6.07) is 0. The molecule has 0 aliphatic carbocycles. The molecule has 0 unspecified atom stereocenters. The van der Waals surface area contributed by atoms with Crippen LogP contribution >= 0.6 is 12.2 Å². The van der Waals surface area contributed by atoms with Crippen LogP contribution in [0, 0.1) is 0 Å². The Bertz CT molecular complexity index is 137. The third-order valence-corrected chi connectivity index (χ3v) is 2.38. The molecule has 0 aliphatic rings. The highest BCUT2D eigenvalue weighted by atomic mass is 32.1. The smallest absolute Gasteiger partial charge is 0.0727 e. The van der Waals surface area contributed by atoms with Gasteiger partial charge in [-0.2, -0.15) is 0 Å². The van der Waals surface area contributed by atoms with Gasteiger partial charge in [0.2, 0.25) is 0 Å². The quantitative estimate of drug-likeness (QED) is 0.612. The van der Waals surface area contributed by atoms with Crippen molar-refractivity contribution in [3.05, 3.63) is 0 Å². The summed E-state index contributed by atoms with van der Waals surface area (Å²) in [5, 5.41) is 0. The Morgan fingerprint density at radius 2 is 1.85 bits per heavy atom. The molecule has 2 nitrogen and oxygen atoms in total. The van der Waals surface area contributed by atoms with Gasteiger partial charge < -0.3 is 10.6 Å². The summed E-state index contributed by atoms with van der Waals surface area (Å²) in [4.78, 5) is 3.11. The molecule has 2 N–H and O–H groups in total. The predicted octanol–water partition coefficient (Wildman–Crippen LogP) is 2.17. The van der Waals surface area contributed by atoms with E-state index in [9.17, 15) is 0 Å². The van der Waals surface area contributed by atoms with E-state index in [1.165, 1.54) is 19.4 Å². The standard InChI is InChI=1S/C10H22N2S/c1-3-5-8-12(4-2)9-6-7-10(11)13/h3-9H2,1-2H3,(H2,11,13). The van der Waals surface area contributed by atoms with Gasteiger partial charge in [0.1, 0.15) is 0 Å². The lowest BCUT2D eigenvalue weighted by Gasteiger charge is -2.19. The van der Waals surface area contributed by atoms with Crippen molar-refractivity contribution >= 4 is 17.2 Å². The van der Waals surface area contributed by atoms with Crippen molar-refractivity contribution < 1.29 is 0 Å². The van der Waals surface area contributed by atoms with Gasteiger partial charge in [-0.05, 0) is 38.9 Å². The Morgan fingerprint density at radius 1 is 1.23 bits per heavy atom. The Hall–Kier alpha value is -0.150. The second-order valence-corrected chi connectivity index (χ2v) is 3.88. The van der Waals surface area contributed by atoms with Gasteiger partial charge in [0.15, 0.2) is 0 Å². The number of nitrogens with two attached hydrogens (primary N) is 1. The first-order chi connectivity index (χ1) is 6.20. The fourth-order valence-corrected chi connectivity index (χ4v) is 1.43. The molecule has 0 heterocycles. The molecule has 0 aromatic heterocycles. The summed E-state index contributed by atoms with van der Waals surface area (Å²) in [6.45, 7) is 7.91. The molecule has 0 radical (unpaired) electrons. The highest BCUT2D eigenvalue weighted by molar-refractivity contribution is 7.80. The predicted molar refractivity (Wildman–Crippen MR) is 63.0 cm³/mol. The fraction of sp³-hybridized carbons (Fsp3) is 0.900. The number of thiocarbonyl (C=S) groups is 1. The zero-order chi connectivity index (χ0) is 10.1. The largest absolute Gasteiger partial charge is 0.393 e. The Balaban J connectivity index is 3.41. The van der Waals surface area contributed by atoms with Crippen LogP contribution in [0.3, 0.4) is 0 Å². The van der Waals surface area contributed by atoms with Crippen molar-refractivity contribution in [1.29, 1.82) is 0 Å². The van der Waals surface area contributed by atoms with E-state index in [1.54, 1.807) is 0 Å². The molecule has 0 rings (SSSR count). The molecule has 0 saturated carbocycles. The van der Waals surface area contributed by atoms with Gasteiger partial charge in [0, 0.05) is 0 Å². The number of hydrogen-bond acceptors (Lipinski definition) is 2. The molecule has 0 aromatic carbocycles. The van der Waals surface area contributed by atoms with Crippen LogP contribution in [0.5, 0.6) is 0 Å². The van der Waals surface area contributed by atoms with Gasteiger partial charge in [-0.3, -0.25) is 0 Å². The molecule has 0 aromatic rings. The minimum atomic E-state index is 0.645. The summed E-state index contributed by atoms with van der Waals surface area (Å²) in [5.74, 6) is 0. The molecule has 0 bridgehead atoms. The molecule has 3 heteroatoms. The third-order valence-electron chi connectivity index (χ3n) is 2.17. The van der Waals surface area contributed by atoms with E-state index in [0.717, 1.165) is 25.9 Å². The normalized spacial score (nSPS) is 10.7. The molecule has 0 spiro atoms. The summed E-state index contributed by atoms with van der Waals surface area (Å²) in [6.07, 6.45) is 4.55. The van der Waals surface area contributed by atoms with E-state index in [2.05, 4.69) is 18.7 Å². The van der Waals surface area contributed by atoms with Crippen LogP contribution in [0.4, 0.5) is 0 Å². The molecule has 0 saturated heterocycles. The fourth-order valence-electron chi connectivity index (χ4n) is 1.29. The molecule has 78 valence electrons. The molecular formula is C10H22N2S. The van der Waals surface area contributed by atoms with Gasteiger partial charge in [0.25, 0.3) is 0 Å². The summed E-state index contributed by atoms with van der Waals surface area (Å²) in [7, 11) is 0. The first-order valence-corrected chi connectivity index (χ1v) is 5.62. The molecule has 0 fully saturated rings. The van der Waals surface area contributed by atoms with Crippen molar-refractivity contribution in [1.82, 2.24) is 4.90 Å². The average molecular weight is 202 g/mol. The highest BCUT2D eigenvalue weighted by Crippen LogP contribution is 1.98. The minimum absolute atomic E-state index is 0.645. The Labute approximate surface area is 87.5 Å². The summed E-state index contributed by atoms with van der Waals surface area (Å²) in [5.41, 5.74) is 5.43. The van der Waals surface area contributed by atoms with Crippen LogP contribution < -0.4 is 5.73 Å². The summed E-state index contributed by atoms with van der Waals surface area (Å²) >= 11 is 4.83. The maximum absolute atomic E-state index is 5.43. The maximum atomic E-state index is 5.43. The van der Waals surface area contributed by atoms with Crippen LogP contribution in [0.15, 0.2) is 0 Å². The van der Waals surface area contributed by atoms with E-state index < -0.39 is 0 Å². The van der Waals surface area contributed by atoms with Crippen LogP contribution in [0.2, 0.25) is 0 Å². The van der Waals surface area contributed by atoms with Crippen molar-refractivity contribution in [2.75, 3.05) is 19.6 Å². The van der Waals surface area contributed by atoms with Crippen molar-refractivity contribution in [3.8, 4) is 0 Å². The van der Waals surface area contributed by atoms with E-state index in [1.807, 2.05) is 0 Å². The van der Waals surface area contributed by atoms with Gasteiger partial charge in [-0.15, -0.1) is 0 Å². The van der Waals surface area contributed by atoms with Crippen LogP contribution in [0.25, 0.3) is 0 Å². The second-order valence-electron chi connectivity index (χ2n) is 3.36. The zero-order valence-corrected chi connectivity index (χ0v) is 9.70. The van der Waals surface area contributed by atoms with Crippen LogP contribution in [-0.4, -0.2) is 29.5 Å². The van der Waals surface area contributed by atoms with Gasteiger partial charge >= 0.3 is 0 Å². The van der Waals surface area contributed by atoms with Crippen LogP contribution in [-0.2, 0) is 0 Å². The number of unbranched alkanes of at least 4 members (excludes halogenated alkanes) is 1. The number of rotatable bonds is 8. The van der Waals surface area contributed by atoms with E-state index in [0.29, 0.717) is 4.99 Å². The van der Waals surface area contributed by atoms with Gasteiger partial charge in [-0.1, -0.05) is 32.5 Å². The van der Waals surface area contributed by atoms with Gasteiger partial charge in [-0.25, -0.2) is 0 Å². The number of hydrogen-bond donors (Lipinski definition) is 1. The number of nitrogens with zero attached hydrogens (tertiary/aromatic N) is 1. The Morgan fingerprint density at radius 3 is 2.31 bits per heavy atom. The van der Waals surface area contributed by atoms with Crippen molar-refractivity contribution in [2.24, 2.45) is 5.73 Å². The SMILES string of the molecule is CCCCN(CC)CCCC(N)=S. The zero-order valence-electron chi connectivity index (χ0n) is 8.88. The topological polar surface area (TPSA) is 29.3 Å². The molecular weight excluding hydrogens is 180 g/mol. The monoisotopic (exact) mass is 202 g/mol. The lowest BCUT2D eigenvalue weighted by atomic mass is 10.2. The molecule has 0 atom stereocenters. The van der Waals surface area contributed by atoms with E-state index >= 15 is 0 Å². The molecule has 13 heavy (non-hydrogen) atoms. The highest BCUT2D eigenvalue weighted by Gasteiger charge is 2.00. The van der Waals surface area contributed by atoms with Crippen molar-refractivity contribution in [2.45, 2.75) is 39.5 Å². The molecule has 0 amide bonds. The first kappa shape index (κ1) is 12.8. The van der Waals surface area contributed by atoms with E-state index in [4.69, 9.17) is 18.0 Å². The second kappa shape index (κ2) is 8.45. The van der Waals surface area contributed by atoms with E-state index in [-0.39, 0.29) is 0 Å². The minimum Gasteiger partial charge on any atom is -0.393 e. The first-order valence-electron chi connectivity index (χ1n) is 5.21. The lowest BCUT2D eigenvalue weighted by molar-refractivity contribution is 0.282. The Kier molecular flexibility index (Phi) is 8.35. The van der Waals surface area contributed by atoms with Crippen molar-refractivity contribution in [3.63, 3.8) is 0 Å². The third kappa shape index (κ3) is 8.19. The van der Waals surface area contributed by atoms with Crippen LogP contribution in [0.1, 0.15) is 39.5 Å². The maximum Gasteiger partial charge on any atom is 0.0727 e. The average Bonchev–Trinajstić information content (AvgIpc) is 2.10. The van der Waals surface area contributed by atoms with Gasteiger partial charge in [0.05, 0.1) is 4.99 Å². The summed E-state index contributed by atoms with van der Waals surface area (Å²) < 4.78 is 0. The lowest BCUT2D eigenvalue weighted by Crippen LogP contribution is -2.26. The molecule has 0 aliphatic heterocycles.